The Balaban J connectivity index is 0.00000200. The molecule has 4 aliphatic rings. The van der Waals surface area contributed by atoms with Crippen LogP contribution in [0, 0.1) is 5.92 Å². The van der Waals surface area contributed by atoms with Crippen molar-refractivity contribution in [3.8, 4) is 0 Å². The van der Waals surface area contributed by atoms with Gasteiger partial charge in [-0.25, -0.2) is 9.98 Å². The first kappa shape index (κ1) is 19.9. The summed E-state index contributed by atoms with van der Waals surface area (Å²) in [5.41, 5.74) is 7.98. The van der Waals surface area contributed by atoms with Crippen molar-refractivity contribution in [1.29, 1.82) is 0 Å². The van der Waals surface area contributed by atoms with E-state index in [4.69, 9.17) is 9.97 Å². The van der Waals surface area contributed by atoms with Crippen LogP contribution in [0.15, 0.2) is 72.1 Å². The zero-order valence-corrected chi connectivity index (χ0v) is 19.1. The van der Waals surface area contributed by atoms with Gasteiger partial charge in [0.05, 0.1) is 28.1 Å². The molecular weight excluding hydrogens is 444 g/mol. The van der Waals surface area contributed by atoms with E-state index in [1.54, 1.807) is 0 Å². The molecule has 6 heteroatoms. The first-order chi connectivity index (χ1) is 16.3. The number of carbonyl (C=O) groups is 1. The van der Waals surface area contributed by atoms with Gasteiger partial charge in [0, 0.05) is 41.2 Å². The summed E-state index contributed by atoms with van der Waals surface area (Å²) in [6, 6.07) is 18.6. The van der Waals surface area contributed by atoms with Crippen LogP contribution in [0.1, 0.15) is 33.7 Å². The lowest BCUT2D eigenvalue weighted by Gasteiger charge is -2.50. The van der Waals surface area contributed by atoms with Gasteiger partial charge in [-0.05, 0) is 29.5 Å². The van der Waals surface area contributed by atoms with E-state index in [0.29, 0.717) is 6.54 Å². The summed E-state index contributed by atoms with van der Waals surface area (Å²) in [7, 11) is 0. The molecule has 0 amide bonds. The van der Waals surface area contributed by atoms with Gasteiger partial charge in [-0.15, -0.1) is 0 Å². The summed E-state index contributed by atoms with van der Waals surface area (Å²) in [5.74, 6) is 0.0162. The number of benzene rings is 2. The van der Waals surface area contributed by atoms with Gasteiger partial charge < -0.3 is 17.7 Å². The Hall–Kier alpha value is -3.57. The normalized spacial score (nSPS) is 23.9. The van der Waals surface area contributed by atoms with Crippen LogP contribution in [0.25, 0.3) is 21.7 Å². The van der Waals surface area contributed by atoms with Crippen LogP contribution in [0.2, 0.25) is 0 Å². The summed E-state index contributed by atoms with van der Waals surface area (Å²) >= 11 is 0. The Morgan fingerprint density at radius 3 is 2.82 bits per heavy atom. The predicted molar refractivity (Wildman–Crippen MR) is 126 cm³/mol. The van der Waals surface area contributed by atoms with Crippen LogP contribution in [-0.2, 0) is 11.8 Å². The lowest BCUT2D eigenvalue weighted by Crippen LogP contribution is -3.00. The predicted octanol–water partition coefficient (Wildman–Crippen LogP) is -0.776. The third kappa shape index (κ3) is 2.21. The SMILES string of the molecule is O=C1c2ccccc2C[C@]23C4=C(CC[NH+]=C4c4nccc5c4c2nc2ccccc25)NC[C@@H]13.[Cl-]. The lowest BCUT2D eigenvalue weighted by atomic mass is 9.53. The fourth-order valence-electron chi connectivity index (χ4n) is 6.83. The molecule has 166 valence electrons. The largest absolute Gasteiger partial charge is 1.00 e. The van der Waals surface area contributed by atoms with Gasteiger partial charge in [0.15, 0.2) is 5.78 Å². The minimum atomic E-state index is -0.493. The summed E-state index contributed by atoms with van der Waals surface area (Å²) in [5, 5.41) is 7.05. The van der Waals surface area contributed by atoms with Crippen molar-refractivity contribution in [3.05, 3.63) is 94.6 Å². The summed E-state index contributed by atoms with van der Waals surface area (Å²) in [6.45, 7) is 1.51. The summed E-state index contributed by atoms with van der Waals surface area (Å²) < 4.78 is 0. The Morgan fingerprint density at radius 1 is 1.03 bits per heavy atom. The molecule has 1 spiro atoms. The fourth-order valence-corrected chi connectivity index (χ4v) is 6.83. The van der Waals surface area contributed by atoms with Gasteiger partial charge in [-0.2, -0.15) is 0 Å². The van der Waals surface area contributed by atoms with Crippen molar-refractivity contribution < 1.29 is 22.2 Å². The van der Waals surface area contributed by atoms with Crippen molar-refractivity contribution in [3.63, 3.8) is 0 Å². The second-order valence-corrected chi connectivity index (χ2v) is 9.57. The Kier molecular flexibility index (Phi) is 3.93. The monoisotopic (exact) mass is 464 g/mol. The van der Waals surface area contributed by atoms with Crippen LogP contribution in [0.4, 0.5) is 0 Å². The van der Waals surface area contributed by atoms with Gasteiger partial charge in [-0.3, -0.25) is 9.78 Å². The van der Waals surface area contributed by atoms with Gasteiger partial charge in [-0.1, -0.05) is 42.5 Å². The maximum absolute atomic E-state index is 14.0. The van der Waals surface area contributed by atoms with E-state index in [1.165, 1.54) is 16.7 Å². The van der Waals surface area contributed by atoms with Crippen LogP contribution in [0.3, 0.4) is 0 Å². The Morgan fingerprint density at radius 2 is 1.88 bits per heavy atom. The van der Waals surface area contributed by atoms with E-state index in [2.05, 4.69) is 40.6 Å². The van der Waals surface area contributed by atoms with Crippen LogP contribution in [-0.4, -0.2) is 34.6 Å². The zero-order valence-electron chi connectivity index (χ0n) is 18.4. The first-order valence-electron chi connectivity index (χ1n) is 11.7. The number of hydrogen-bond donors (Lipinski definition) is 2. The minimum absolute atomic E-state index is 0. The number of nitrogens with zero attached hydrogens (tertiary/aromatic N) is 2. The highest BCUT2D eigenvalue weighted by Crippen LogP contribution is 2.55. The van der Waals surface area contributed by atoms with Crippen LogP contribution >= 0.6 is 0 Å². The second-order valence-electron chi connectivity index (χ2n) is 9.57. The van der Waals surface area contributed by atoms with Crippen molar-refractivity contribution in [2.24, 2.45) is 5.92 Å². The molecule has 2 aliphatic heterocycles. The topological polar surface area (TPSA) is 68.8 Å². The zero-order chi connectivity index (χ0) is 21.7. The second kappa shape index (κ2) is 6.73. The lowest BCUT2D eigenvalue weighted by molar-refractivity contribution is -0.457. The average molecular weight is 465 g/mol. The van der Waals surface area contributed by atoms with Crippen LogP contribution < -0.4 is 22.7 Å². The number of para-hydroxylation sites is 1. The van der Waals surface area contributed by atoms with Gasteiger partial charge in [0.2, 0.25) is 5.71 Å². The number of aromatic nitrogens is 2. The number of rotatable bonds is 0. The quantitative estimate of drug-likeness (QED) is 0.335. The molecule has 8 rings (SSSR count). The first-order valence-corrected chi connectivity index (χ1v) is 11.7. The molecular formula is C28H21ClN4O. The molecule has 4 heterocycles. The van der Waals surface area contributed by atoms with E-state index in [1.807, 2.05) is 30.5 Å². The highest BCUT2D eigenvalue weighted by molar-refractivity contribution is 6.24. The molecule has 5 nitrogen and oxygen atoms in total. The molecule has 0 saturated carbocycles. The third-order valence-corrected chi connectivity index (χ3v) is 8.13. The van der Waals surface area contributed by atoms with Crippen molar-refractivity contribution >= 4 is 33.2 Å². The average Bonchev–Trinajstić information content (AvgIpc) is 2.87. The number of fused-ring (bicyclic) bond motifs is 4. The number of nitrogens with one attached hydrogen (secondary N) is 2. The maximum atomic E-state index is 14.0. The highest BCUT2D eigenvalue weighted by atomic mass is 35.5. The number of ketones is 1. The number of carbonyl (C=O) groups excluding carboxylic acids is 1. The van der Waals surface area contributed by atoms with Crippen molar-refractivity contribution in [1.82, 2.24) is 15.3 Å². The molecule has 0 fully saturated rings. The van der Waals surface area contributed by atoms with Gasteiger partial charge in [0.1, 0.15) is 12.2 Å². The molecule has 0 bridgehead atoms. The minimum Gasteiger partial charge on any atom is -1.00 e. The molecule has 2 aromatic carbocycles. The smallest absolute Gasteiger partial charge is 0.230 e. The van der Waals surface area contributed by atoms with Crippen molar-refractivity contribution in [2.45, 2.75) is 18.3 Å². The van der Waals surface area contributed by atoms with E-state index < -0.39 is 5.41 Å². The van der Waals surface area contributed by atoms with Gasteiger partial charge >= 0.3 is 0 Å². The van der Waals surface area contributed by atoms with E-state index in [0.717, 1.165) is 63.9 Å². The molecule has 34 heavy (non-hydrogen) atoms. The molecule has 0 saturated heterocycles. The Bertz CT molecular complexity index is 1640. The molecule has 4 aromatic rings. The summed E-state index contributed by atoms with van der Waals surface area (Å²) in [4.78, 5) is 27.9. The van der Waals surface area contributed by atoms with Gasteiger partial charge in [0.25, 0.3) is 0 Å². The molecule has 2 atom stereocenters. The molecule has 2 aliphatic carbocycles. The highest BCUT2D eigenvalue weighted by Gasteiger charge is 2.60. The van der Waals surface area contributed by atoms with E-state index in [-0.39, 0.29) is 24.1 Å². The molecule has 2 aromatic heterocycles. The molecule has 2 N–H and O–H groups in total. The van der Waals surface area contributed by atoms with Crippen LogP contribution in [0.5, 0.6) is 0 Å². The summed E-state index contributed by atoms with van der Waals surface area (Å²) in [6.07, 6.45) is 3.60. The van der Waals surface area contributed by atoms with E-state index in [9.17, 15) is 4.79 Å². The standard InChI is InChI=1S/C28H20N4O.ClH/c33-26-16-6-2-1-5-15(16)13-28-19(26)14-31-21-10-12-30-25(23(21)28)24-22-18(9-11-29-24)17-7-3-4-8-20(17)32-27(22)28;/h1-9,11,19,31H,10,12-14H2;1H/t19-,28-;/m0./s1. The maximum Gasteiger partial charge on any atom is 0.230 e. The molecule has 0 unspecified atom stereocenters. The Labute approximate surface area is 202 Å². The number of halogens is 1. The van der Waals surface area contributed by atoms with Crippen molar-refractivity contribution in [2.75, 3.05) is 13.1 Å². The third-order valence-electron chi connectivity index (χ3n) is 8.13. The van der Waals surface area contributed by atoms with E-state index >= 15 is 0 Å². The fraction of sp³-hybridized carbons (Fsp3) is 0.214. The number of hydrogen-bond acceptors (Lipinski definition) is 4. The number of allylic oxidation sites excluding steroid dienone is 1. The number of Topliss-reactive ketones (excluding diaryl/α,β-unsaturated/α-hetero) is 1. The molecule has 0 radical (unpaired) electrons. The number of pyridine rings is 2.